The van der Waals surface area contributed by atoms with Gasteiger partial charge in [-0.05, 0) is 35.6 Å². The molecule has 0 aliphatic carbocycles. The van der Waals surface area contributed by atoms with Crippen LogP contribution < -0.4 is 15.4 Å². The van der Waals surface area contributed by atoms with E-state index in [1.165, 1.54) is 12.1 Å². The molecule has 2 amide bonds. The molecular formula is C23H27FN2O4. The van der Waals surface area contributed by atoms with Crippen molar-refractivity contribution in [3.63, 3.8) is 0 Å². The van der Waals surface area contributed by atoms with Crippen LogP contribution in [-0.4, -0.2) is 31.2 Å². The molecule has 2 N–H and O–H groups in total. The van der Waals surface area contributed by atoms with Crippen molar-refractivity contribution in [1.82, 2.24) is 10.6 Å². The zero-order chi connectivity index (χ0) is 21.5. The number of benzene rings is 2. The Balaban J connectivity index is 1.56. The lowest BCUT2D eigenvalue weighted by Gasteiger charge is -2.23. The smallest absolute Gasteiger partial charge is 0.242 e. The van der Waals surface area contributed by atoms with Crippen LogP contribution in [0.5, 0.6) is 5.75 Å². The van der Waals surface area contributed by atoms with E-state index in [0.29, 0.717) is 36.4 Å². The first kappa shape index (κ1) is 21.8. The molecule has 1 aliphatic heterocycles. The molecule has 2 aromatic carbocycles. The Morgan fingerprint density at radius 2 is 1.93 bits per heavy atom. The standard InChI is InChI=1S/C23H27FN2O4/c1-15(2)21(26-20(27)10-16-6-4-3-5-7-16)23(28)25-9-8-17-11-19(24)12-18-13-29-14-30-22(17)18/h3-7,11-12,15,21H,8-10,13-14H2,1-2H3,(H,25,28)(H,26,27). The van der Waals surface area contributed by atoms with Gasteiger partial charge >= 0.3 is 0 Å². The number of carbonyl (C=O) groups is 2. The molecule has 1 heterocycles. The molecule has 160 valence electrons. The quantitative estimate of drug-likeness (QED) is 0.697. The summed E-state index contributed by atoms with van der Waals surface area (Å²) in [6, 6.07) is 11.5. The minimum Gasteiger partial charge on any atom is -0.467 e. The van der Waals surface area contributed by atoms with Crippen LogP contribution in [0.3, 0.4) is 0 Å². The summed E-state index contributed by atoms with van der Waals surface area (Å²) in [6.45, 7) is 4.49. The SMILES string of the molecule is CC(C)C(NC(=O)Cc1ccccc1)C(=O)NCCc1cc(F)cc2c1OCOC2. The number of amides is 2. The average Bonchev–Trinajstić information content (AvgIpc) is 2.72. The highest BCUT2D eigenvalue weighted by Gasteiger charge is 2.24. The van der Waals surface area contributed by atoms with Crippen LogP contribution in [0.4, 0.5) is 4.39 Å². The van der Waals surface area contributed by atoms with Gasteiger partial charge in [-0.1, -0.05) is 44.2 Å². The molecule has 0 spiro atoms. The molecule has 1 unspecified atom stereocenters. The molecule has 3 rings (SSSR count). The number of halogens is 1. The second-order valence-electron chi connectivity index (χ2n) is 7.66. The van der Waals surface area contributed by atoms with Crippen LogP contribution in [0, 0.1) is 11.7 Å². The molecule has 0 aromatic heterocycles. The minimum atomic E-state index is -0.646. The van der Waals surface area contributed by atoms with Crippen molar-refractivity contribution >= 4 is 11.8 Å². The molecule has 0 radical (unpaired) electrons. The molecule has 0 bridgehead atoms. The first-order valence-corrected chi connectivity index (χ1v) is 10.1. The number of nitrogens with one attached hydrogen (secondary N) is 2. The molecule has 1 atom stereocenters. The number of fused-ring (bicyclic) bond motifs is 1. The van der Waals surface area contributed by atoms with E-state index in [9.17, 15) is 14.0 Å². The molecule has 0 saturated heterocycles. The Labute approximate surface area is 175 Å². The monoisotopic (exact) mass is 414 g/mol. The molecule has 7 heteroatoms. The van der Waals surface area contributed by atoms with Crippen LogP contribution in [0.1, 0.15) is 30.5 Å². The highest BCUT2D eigenvalue weighted by molar-refractivity contribution is 5.88. The van der Waals surface area contributed by atoms with Crippen LogP contribution >= 0.6 is 0 Å². The number of ether oxygens (including phenoxy) is 2. The lowest BCUT2D eigenvalue weighted by Crippen LogP contribution is -2.50. The van der Waals surface area contributed by atoms with E-state index in [-0.39, 0.29) is 36.8 Å². The predicted molar refractivity (Wildman–Crippen MR) is 110 cm³/mol. The van der Waals surface area contributed by atoms with Gasteiger partial charge < -0.3 is 20.1 Å². The van der Waals surface area contributed by atoms with Crippen molar-refractivity contribution in [3.05, 3.63) is 65.0 Å². The first-order chi connectivity index (χ1) is 14.4. The van der Waals surface area contributed by atoms with Crippen molar-refractivity contribution in [2.45, 2.75) is 39.3 Å². The number of rotatable bonds is 8. The van der Waals surface area contributed by atoms with Gasteiger partial charge in [-0.2, -0.15) is 0 Å². The van der Waals surface area contributed by atoms with E-state index < -0.39 is 6.04 Å². The lowest BCUT2D eigenvalue weighted by atomic mass is 10.0. The van der Waals surface area contributed by atoms with Crippen LogP contribution in [0.15, 0.2) is 42.5 Å². The second-order valence-corrected chi connectivity index (χ2v) is 7.66. The van der Waals surface area contributed by atoms with Crippen molar-refractivity contribution in [2.24, 2.45) is 5.92 Å². The van der Waals surface area contributed by atoms with E-state index in [0.717, 1.165) is 5.56 Å². The molecular weight excluding hydrogens is 387 g/mol. The highest BCUT2D eigenvalue weighted by atomic mass is 19.1. The van der Waals surface area contributed by atoms with Gasteiger partial charge in [0.2, 0.25) is 11.8 Å². The van der Waals surface area contributed by atoms with E-state index in [1.54, 1.807) is 0 Å². The van der Waals surface area contributed by atoms with Crippen LogP contribution in [-0.2, 0) is 33.8 Å². The Kier molecular flexibility index (Phi) is 7.41. The third-order valence-corrected chi connectivity index (χ3v) is 4.92. The largest absolute Gasteiger partial charge is 0.467 e. The second kappa shape index (κ2) is 10.2. The summed E-state index contributed by atoms with van der Waals surface area (Å²) in [4.78, 5) is 25.0. The van der Waals surface area contributed by atoms with E-state index in [2.05, 4.69) is 10.6 Å². The summed E-state index contributed by atoms with van der Waals surface area (Å²) in [5, 5.41) is 5.67. The molecule has 0 fully saturated rings. The van der Waals surface area contributed by atoms with E-state index >= 15 is 0 Å². The summed E-state index contributed by atoms with van der Waals surface area (Å²) in [5.41, 5.74) is 2.23. The molecule has 1 aliphatic rings. The van der Waals surface area contributed by atoms with Gasteiger partial charge in [-0.25, -0.2) is 4.39 Å². The van der Waals surface area contributed by atoms with Gasteiger partial charge in [-0.3, -0.25) is 9.59 Å². The average molecular weight is 414 g/mol. The lowest BCUT2D eigenvalue weighted by molar-refractivity contribution is -0.129. The summed E-state index contributed by atoms with van der Waals surface area (Å²) in [7, 11) is 0. The van der Waals surface area contributed by atoms with Gasteiger partial charge in [0.15, 0.2) is 6.79 Å². The predicted octanol–water partition coefficient (Wildman–Crippen LogP) is 2.73. The summed E-state index contributed by atoms with van der Waals surface area (Å²) < 4.78 is 24.5. The van der Waals surface area contributed by atoms with E-state index in [1.807, 2.05) is 44.2 Å². The Morgan fingerprint density at radius 3 is 2.67 bits per heavy atom. The number of hydrogen-bond acceptors (Lipinski definition) is 4. The fourth-order valence-electron chi connectivity index (χ4n) is 3.41. The number of hydrogen-bond donors (Lipinski definition) is 2. The summed E-state index contributed by atoms with van der Waals surface area (Å²) >= 11 is 0. The molecule has 0 saturated carbocycles. The van der Waals surface area contributed by atoms with Crippen molar-refractivity contribution in [1.29, 1.82) is 0 Å². The molecule has 2 aromatic rings. The van der Waals surface area contributed by atoms with Crippen molar-refractivity contribution < 1.29 is 23.5 Å². The van der Waals surface area contributed by atoms with Gasteiger partial charge in [0, 0.05) is 12.1 Å². The summed E-state index contributed by atoms with van der Waals surface area (Å²) in [6.07, 6.45) is 0.626. The summed E-state index contributed by atoms with van der Waals surface area (Å²) in [5.74, 6) is -0.290. The normalized spacial score (nSPS) is 13.9. The van der Waals surface area contributed by atoms with E-state index in [4.69, 9.17) is 9.47 Å². The third kappa shape index (κ3) is 5.79. The molecule has 30 heavy (non-hydrogen) atoms. The van der Waals surface area contributed by atoms with Crippen molar-refractivity contribution in [3.8, 4) is 5.75 Å². The third-order valence-electron chi connectivity index (χ3n) is 4.92. The Bertz CT molecular complexity index is 886. The van der Waals surface area contributed by atoms with Gasteiger partial charge in [0.1, 0.15) is 17.6 Å². The Morgan fingerprint density at radius 1 is 1.17 bits per heavy atom. The topological polar surface area (TPSA) is 76.7 Å². The maximum atomic E-state index is 13.9. The highest BCUT2D eigenvalue weighted by Crippen LogP contribution is 2.29. The Hall–Kier alpha value is -2.93. The zero-order valence-electron chi connectivity index (χ0n) is 17.2. The fourth-order valence-corrected chi connectivity index (χ4v) is 3.41. The first-order valence-electron chi connectivity index (χ1n) is 10.1. The van der Waals surface area contributed by atoms with Crippen LogP contribution in [0.2, 0.25) is 0 Å². The van der Waals surface area contributed by atoms with Gasteiger partial charge in [0.05, 0.1) is 13.0 Å². The fraction of sp³-hybridized carbons (Fsp3) is 0.391. The van der Waals surface area contributed by atoms with Gasteiger partial charge in [-0.15, -0.1) is 0 Å². The van der Waals surface area contributed by atoms with Gasteiger partial charge in [0.25, 0.3) is 0 Å². The maximum Gasteiger partial charge on any atom is 0.242 e. The van der Waals surface area contributed by atoms with Crippen LogP contribution in [0.25, 0.3) is 0 Å². The zero-order valence-corrected chi connectivity index (χ0v) is 17.2. The minimum absolute atomic E-state index is 0.0767. The molecule has 6 nitrogen and oxygen atoms in total. The maximum absolute atomic E-state index is 13.9. The van der Waals surface area contributed by atoms with Crippen molar-refractivity contribution in [2.75, 3.05) is 13.3 Å². The number of carbonyl (C=O) groups excluding carboxylic acids is 2.